The van der Waals surface area contributed by atoms with Crippen molar-refractivity contribution < 1.29 is 0 Å². The molecule has 1 heterocycles. The summed E-state index contributed by atoms with van der Waals surface area (Å²) < 4.78 is 0. The zero-order chi connectivity index (χ0) is 11.9. The number of thiocarbonyl (C=S) groups is 1. The van der Waals surface area contributed by atoms with Crippen LogP contribution in [-0.2, 0) is 6.54 Å². The molecule has 0 atom stereocenters. The summed E-state index contributed by atoms with van der Waals surface area (Å²) in [5.74, 6) is 0. The van der Waals surface area contributed by atoms with E-state index in [9.17, 15) is 0 Å². The van der Waals surface area contributed by atoms with Gasteiger partial charge in [0, 0.05) is 12.6 Å². The molecule has 0 saturated carbocycles. The minimum absolute atomic E-state index is 0.520. The van der Waals surface area contributed by atoms with Crippen LogP contribution >= 0.6 is 12.2 Å². The van der Waals surface area contributed by atoms with Crippen molar-refractivity contribution in [1.29, 1.82) is 0 Å². The van der Waals surface area contributed by atoms with Gasteiger partial charge < -0.3 is 16.0 Å². The lowest BCUT2D eigenvalue weighted by atomic mass is 10.1. The van der Waals surface area contributed by atoms with E-state index in [0.29, 0.717) is 6.04 Å². The van der Waals surface area contributed by atoms with Crippen LogP contribution in [0.25, 0.3) is 0 Å². The van der Waals surface area contributed by atoms with E-state index < -0.39 is 0 Å². The summed E-state index contributed by atoms with van der Waals surface area (Å²) in [7, 11) is 0. The van der Waals surface area contributed by atoms with E-state index in [1.54, 1.807) is 0 Å². The molecule has 1 saturated heterocycles. The number of hydrogen-bond acceptors (Lipinski definition) is 2. The van der Waals surface area contributed by atoms with Gasteiger partial charge in [0.1, 0.15) is 0 Å². The van der Waals surface area contributed by atoms with Crippen LogP contribution in [0.1, 0.15) is 18.4 Å². The third-order valence-corrected chi connectivity index (χ3v) is 3.23. The molecular weight excluding hydrogens is 230 g/mol. The Kier molecular flexibility index (Phi) is 4.76. The zero-order valence-corrected chi connectivity index (χ0v) is 10.7. The van der Waals surface area contributed by atoms with Crippen molar-refractivity contribution in [2.75, 3.05) is 13.1 Å². The van der Waals surface area contributed by atoms with Crippen molar-refractivity contribution in [3.05, 3.63) is 35.9 Å². The Labute approximate surface area is 108 Å². The molecule has 1 aliphatic heterocycles. The Bertz CT molecular complexity index is 347. The Hall–Kier alpha value is -1.13. The van der Waals surface area contributed by atoms with Gasteiger partial charge in [0.05, 0.1) is 0 Å². The predicted molar refractivity (Wildman–Crippen MR) is 74.9 cm³/mol. The van der Waals surface area contributed by atoms with Crippen LogP contribution in [0.2, 0.25) is 0 Å². The second-order valence-electron chi connectivity index (χ2n) is 4.34. The van der Waals surface area contributed by atoms with Crippen LogP contribution in [0.4, 0.5) is 0 Å². The smallest absolute Gasteiger partial charge is 0.166 e. The lowest BCUT2D eigenvalue weighted by Gasteiger charge is -2.25. The maximum Gasteiger partial charge on any atom is 0.166 e. The van der Waals surface area contributed by atoms with Gasteiger partial charge in [-0.25, -0.2) is 0 Å². The first-order valence-corrected chi connectivity index (χ1v) is 6.54. The van der Waals surface area contributed by atoms with Crippen molar-refractivity contribution in [3.63, 3.8) is 0 Å². The zero-order valence-electron chi connectivity index (χ0n) is 9.91. The molecule has 0 unspecified atom stereocenters. The van der Waals surface area contributed by atoms with E-state index in [1.807, 2.05) is 18.2 Å². The third-order valence-electron chi connectivity index (χ3n) is 2.97. The van der Waals surface area contributed by atoms with Gasteiger partial charge in [0.25, 0.3) is 0 Å². The summed E-state index contributed by atoms with van der Waals surface area (Å²) in [6.07, 6.45) is 2.29. The van der Waals surface area contributed by atoms with Crippen LogP contribution in [0.5, 0.6) is 0 Å². The summed E-state index contributed by atoms with van der Waals surface area (Å²) >= 11 is 5.29. The van der Waals surface area contributed by atoms with Gasteiger partial charge in [0.15, 0.2) is 5.11 Å². The molecule has 0 amide bonds. The molecule has 3 N–H and O–H groups in total. The molecule has 92 valence electrons. The first-order valence-electron chi connectivity index (χ1n) is 6.13. The molecule has 1 fully saturated rings. The largest absolute Gasteiger partial charge is 0.360 e. The molecule has 1 aromatic carbocycles. The normalized spacial score (nSPS) is 16.5. The van der Waals surface area contributed by atoms with Crippen LogP contribution in [0.3, 0.4) is 0 Å². The standard InChI is InChI=1S/C13H19N3S/c17-13(16-12-6-8-14-9-7-12)15-10-11-4-2-1-3-5-11/h1-5,12,14H,6-10H2,(H2,15,16,17). The molecular formula is C13H19N3S. The van der Waals surface area contributed by atoms with Crippen molar-refractivity contribution >= 4 is 17.3 Å². The van der Waals surface area contributed by atoms with Gasteiger partial charge in [-0.05, 0) is 43.7 Å². The number of piperidine rings is 1. The monoisotopic (exact) mass is 249 g/mol. The maximum atomic E-state index is 5.29. The number of hydrogen-bond donors (Lipinski definition) is 3. The lowest BCUT2D eigenvalue weighted by molar-refractivity contribution is 0.427. The van der Waals surface area contributed by atoms with Crippen LogP contribution in [0.15, 0.2) is 30.3 Å². The fourth-order valence-electron chi connectivity index (χ4n) is 1.98. The SMILES string of the molecule is S=C(NCc1ccccc1)NC1CCNCC1. The summed E-state index contributed by atoms with van der Waals surface area (Å²) in [4.78, 5) is 0. The molecule has 1 aromatic rings. The van der Waals surface area contributed by atoms with Crippen molar-refractivity contribution in [3.8, 4) is 0 Å². The van der Waals surface area contributed by atoms with Gasteiger partial charge in [-0.3, -0.25) is 0 Å². The maximum absolute atomic E-state index is 5.29. The van der Waals surface area contributed by atoms with Gasteiger partial charge in [-0.2, -0.15) is 0 Å². The van der Waals surface area contributed by atoms with Crippen molar-refractivity contribution in [1.82, 2.24) is 16.0 Å². The molecule has 1 aliphatic rings. The summed E-state index contributed by atoms with van der Waals surface area (Å²) in [5, 5.41) is 10.7. The molecule has 3 nitrogen and oxygen atoms in total. The highest BCUT2D eigenvalue weighted by Gasteiger charge is 2.12. The van der Waals surface area contributed by atoms with E-state index in [-0.39, 0.29) is 0 Å². The van der Waals surface area contributed by atoms with Crippen LogP contribution in [0, 0.1) is 0 Å². The summed E-state index contributed by atoms with van der Waals surface area (Å²) in [6, 6.07) is 10.8. The molecule has 0 bridgehead atoms. The molecule has 0 spiro atoms. The van der Waals surface area contributed by atoms with Gasteiger partial charge in [-0.15, -0.1) is 0 Å². The molecule has 2 rings (SSSR count). The van der Waals surface area contributed by atoms with Gasteiger partial charge >= 0.3 is 0 Å². The third kappa shape index (κ3) is 4.32. The fraction of sp³-hybridized carbons (Fsp3) is 0.462. The van der Waals surface area contributed by atoms with E-state index in [1.165, 1.54) is 5.56 Å². The van der Waals surface area contributed by atoms with Crippen LogP contribution in [-0.4, -0.2) is 24.2 Å². The van der Waals surface area contributed by atoms with E-state index >= 15 is 0 Å². The highest BCUT2D eigenvalue weighted by atomic mass is 32.1. The Morgan fingerprint density at radius 1 is 1.24 bits per heavy atom. The highest BCUT2D eigenvalue weighted by molar-refractivity contribution is 7.80. The number of benzene rings is 1. The highest BCUT2D eigenvalue weighted by Crippen LogP contribution is 2.02. The number of rotatable bonds is 3. The van der Waals surface area contributed by atoms with Crippen molar-refractivity contribution in [2.45, 2.75) is 25.4 Å². The fourth-order valence-corrected chi connectivity index (χ4v) is 2.22. The van der Waals surface area contributed by atoms with E-state index in [0.717, 1.165) is 37.6 Å². The van der Waals surface area contributed by atoms with Crippen molar-refractivity contribution in [2.24, 2.45) is 0 Å². The quantitative estimate of drug-likeness (QED) is 0.708. The Balaban J connectivity index is 1.70. The van der Waals surface area contributed by atoms with Gasteiger partial charge in [-0.1, -0.05) is 30.3 Å². The van der Waals surface area contributed by atoms with Crippen LogP contribution < -0.4 is 16.0 Å². The molecule has 0 aliphatic carbocycles. The minimum atomic E-state index is 0.520. The second kappa shape index (κ2) is 6.57. The second-order valence-corrected chi connectivity index (χ2v) is 4.75. The van der Waals surface area contributed by atoms with Gasteiger partial charge in [0.2, 0.25) is 0 Å². The average molecular weight is 249 g/mol. The topological polar surface area (TPSA) is 36.1 Å². The first kappa shape index (κ1) is 12.3. The molecule has 4 heteroatoms. The summed E-state index contributed by atoms with van der Waals surface area (Å²) in [6.45, 7) is 2.95. The molecule has 0 radical (unpaired) electrons. The molecule has 17 heavy (non-hydrogen) atoms. The molecule has 0 aromatic heterocycles. The first-order chi connectivity index (χ1) is 8.34. The average Bonchev–Trinajstić information content (AvgIpc) is 2.39. The van der Waals surface area contributed by atoms with E-state index in [2.05, 4.69) is 28.1 Å². The summed E-state index contributed by atoms with van der Waals surface area (Å²) in [5.41, 5.74) is 1.25. The Morgan fingerprint density at radius 2 is 1.94 bits per heavy atom. The lowest BCUT2D eigenvalue weighted by Crippen LogP contribution is -2.46. The Morgan fingerprint density at radius 3 is 2.65 bits per heavy atom. The minimum Gasteiger partial charge on any atom is -0.360 e. The number of nitrogens with one attached hydrogen (secondary N) is 3. The van der Waals surface area contributed by atoms with E-state index in [4.69, 9.17) is 12.2 Å². The predicted octanol–water partition coefficient (Wildman–Crippen LogP) is 1.40.